The highest BCUT2D eigenvalue weighted by atomic mass is 15.2. The van der Waals surface area contributed by atoms with Crippen LogP contribution in [0.1, 0.15) is 6.92 Å². The molecule has 0 aliphatic heterocycles. The Bertz CT molecular complexity index is 264. The van der Waals surface area contributed by atoms with E-state index in [9.17, 15) is 0 Å². The van der Waals surface area contributed by atoms with Gasteiger partial charge in [-0.25, -0.2) is 0 Å². The van der Waals surface area contributed by atoms with Gasteiger partial charge in [-0.2, -0.15) is 10.4 Å². The van der Waals surface area contributed by atoms with Gasteiger partial charge >= 0.3 is 0 Å². The van der Waals surface area contributed by atoms with Crippen molar-refractivity contribution in [1.29, 1.82) is 5.26 Å². The zero-order valence-electron chi connectivity index (χ0n) is 6.86. The highest BCUT2D eigenvalue weighted by Crippen LogP contribution is 1.99. The summed E-state index contributed by atoms with van der Waals surface area (Å²) in [6.45, 7) is 2.46. The maximum absolute atomic E-state index is 8.49. The lowest BCUT2D eigenvalue weighted by Gasteiger charge is -2.04. The topological polar surface area (TPSA) is 61.6 Å². The van der Waals surface area contributed by atoms with Crippen LogP contribution in [-0.4, -0.2) is 16.7 Å². The molecule has 1 atom stereocenters. The van der Waals surface area contributed by atoms with E-state index in [0.29, 0.717) is 12.4 Å². The zero-order chi connectivity index (χ0) is 8.81. The summed E-state index contributed by atoms with van der Waals surface area (Å²) in [6.07, 6.45) is 1.61. The van der Waals surface area contributed by atoms with E-state index >= 15 is 0 Å². The minimum atomic E-state index is -0.00740. The summed E-state index contributed by atoms with van der Waals surface area (Å²) in [5, 5.41) is 19.0. The number of aromatic nitrogens is 2. The Labute approximate surface area is 71.2 Å². The van der Waals surface area contributed by atoms with Gasteiger partial charge in [-0.15, -0.1) is 5.10 Å². The Morgan fingerprint density at radius 2 is 2.58 bits per heavy atom. The van der Waals surface area contributed by atoms with Crippen molar-refractivity contribution >= 4 is 5.82 Å². The summed E-state index contributed by atoms with van der Waals surface area (Å²) in [4.78, 5) is 0. The Balaban J connectivity index is 2.40. The van der Waals surface area contributed by atoms with Crippen molar-refractivity contribution in [2.75, 3.05) is 11.9 Å². The zero-order valence-corrected chi connectivity index (χ0v) is 6.86. The van der Waals surface area contributed by atoms with Crippen LogP contribution in [0.3, 0.4) is 0 Å². The first-order valence-electron chi connectivity index (χ1n) is 3.74. The average Bonchev–Trinajstić information content (AvgIpc) is 2.16. The number of hydrogen-bond donors (Lipinski definition) is 1. The van der Waals surface area contributed by atoms with Crippen LogP contribution in [0.4, 0.5) is 5.82 Å². The normalized spacial score (nSPS) is 11.7. The van der Waals surface area contributed by atoms with Crippen molar-refractivity contribution in [2.45, 2.75) is 6.92 Å². The van der Waals surface area contributed by atoms with E-state index in [-0.39, 0.29) is 5.92 Å². The van der Waals surface area contributed by atoms with Gasteiger partial charge in [-0.05, 0) is 19.1 Å². The molecule has 1 unspecified atom stereocenters. The highest BCUT2D eigenvalue weighted by molar-refractivity contribution is 5.31. The molecule has 0 saturated carbocycles. The van der Waals surface area contributed by atoms with Crippen molar-refractivity contribution in [3.05, 3.63) is 18.3 Å². The number of nitrogens with one attached hydrogen (secondary N) is 1. The first-order valence-corrected chi connectivity index (χ1v) is 3.74. The number of nitriles is 1. The van der Waals surface area contributed by atoms with Crippen LogP contribution in [0.25, 0.3) is 0 Å². The second-order valence-electron chi connectivity index (χ2n) is 2.52. The van der Waals surface area contributed by atoms with Crippen LogP contribution in [-0.2, 0) is 0 Å². The molecule has 0 fully saturated rings. The lowest BCUT2D eigenvalue weighted by atomic mass is 10.2. The molecule has 1 aromatic rings. The van der Waals surface area contributed by atoms with Crippen molar-refractivity contribution in [2.24, 2.45) is 5.92 Å². The molecule has 4 nitrogen and oxygen atoms in total. The van der Waals surface area contributed by atoms with Gasteiger partial charge in [-0.3, -0.25) is 0 Å². The van der Waals surface area contributed by atoms with Crippen molar-refractivity contribution < 1.29 is 0 Å². The van der Waals surface area contributed by atoms with Gasteiger partial charge < -0.3 is 5.32 Å². The molecule has 0 aromatic carbocycles. The Kier molecular flexibility index (Phi) is 3.03. The predicted molar refractivity (Wildman–Crippen MR) is 45.3 cm³/mol. The van der Waals surface area contributed by atoms with E-state index in [4.69, 9.17) is 5.26 Å². The second-order valence-corrected chi connectivity index (χ2v) is 2.52. The molecule has 0 bridgehead atoms. The minimum absolute atomic E-state index is 0.00740. The van der Waals surface area contributed by atoms with Crippen molar-refractivity contribution in [3.8, 4) is 6.07 Å². The lowest BCUT2D eigenvalue weighted by molar-refractivity contribution is 0.780. The summed E-state index contributed by atoms with van der Waals surface area (Å²) < 4.78 is 0. The van der Waals surface area contributed by atoms with Gasteiger partial charge in [0.1, 0.15) is 5.82 Å². The molecular formula is C8H10N4. The van der Waals surface area contributed by atoms with E-state index in [1.807, 2.05) is 13.0 Å². The molecule has 0 aliphatic rings. The average molecular weight is 162 g/mol. The third kappa shape index (κ3) is 2.54. The monoisotopic (exact) mass is 162 g/mol. The highest BCUT2D eigenvalue weighted by Gasteiger charge is 1.98. The van der Waals surface area contributed by atoms with Crippen LogP contribution >= 0.6 is 0 Å². The number of hydrogen-bond acceptors (Lipinski definition) is 4. The van der Waals surface area contributed by atoms with E-state index in [1.165, 1.54) is 0 Å². The number of anilines is 1. The third-order valence-corrected chi connectivity index (χ3v) is 1.38. The molecule has 1 rings (SSSR count). The molecule has 0 spiro atoms. The molecule has 0 aliphatic carbocycles. The molecular weight excluding hydrogens is 152 g/mol. The summed E-state index contributed by atoms with van der Waals surface area (Å²) in [5.74, 6) is 0.701. The van der Waals surface area contributed by atoms with Crippen LogP contribution in [0.5, 0.6) is 0 Å². The molecule has 12 heavy (non-hydrogen) atoms. The van der Waals surface area contributed by atoms with Gasteiger partial charge in [0, 0.05) is 12.7 Å². The number of rotatable bonds is 3. The summed E-state index contributed by atoms with van der Waals surface area (Å²) in [7, 11) is 0. The molecule has 4 heteroatoms. The molecule has 1 N–H and O–H groups in total. The summed E-state index contributed by atoms with van der Waals surface area (Å²) in [6, 6.07) is 5.74. The second kappa shape index (κ2) is 4.29. The van der Waals surface area contributed by atoms with E-state index in [0.717, 1.165) is 0 Å². The summed E-state index contributed by atoms with van der Waals surface area (Å²) >= 11 is 0. The first kappa shape index (κ1) is 8.47. The van der Waals surface area contributed by atoms with E-state index in [1.54, 1.807) is 12.3 Å². The number of nitrogens with zero attached hydrogens (tertiary/aromatic N) is 3. The van der Waals surface area contributed by atoms with Crippen LogP contribution in [0.2, 0.25) is 0 Å². The van der Waals surface area contributed by atoms with E-state index in [2.05, 4.69) is 21.6 Å². The Hall–Kier alpha value is -1.63. The van der Waals surface area contributed by atoms with Gasteiger partial charge in [0.2, 0.25) is 0 Å². The summed E-state index contributed by atoms with van der Waals surface area (Å²) in [5.41, 5.74) is 0. The molecule has 0 radical (unpaired) electrons. The minimum Gasteiger partial charge on any atom is -0.367 e. The van der Waals surface area contributed by atoms with E-state index < -0.39 is 0 Å². The largest absolute Gasteiger partial charge is 0.367 e. The van der Waals surface area contributed by atoms with Crippen LogP contribution < -0.4 is 5.32 Å². The molecule has 0 amide bonds. The van der Waals surface area contributed by atoms with Crippen LogP contribution in [0.15, 0.2) is 18.3 Å². The predicted octanol–water partition coefficient (Wildman–Crippen LogP) is 1.05. The molecule has 1 aromatic heterocycles. The fraction of sp³-hybridized carbons (Fsp3) is 0.375. The van der Waals surface area contributed by atoms with Gasteiger partial charge in [0.25, 0.3) is 0 Å². The Morgan fingerprint density at radius 1 is 1.75 bits per heavy atom. The molecule has 62 valence electrons. The Morgan fingerprint density at radius 3 is 3.17 bits per heavy atom. The lowest BCUT2D eigenvalue weighted by Crippen LogP contribution is -2.10. The maximum atomic E-state index is 8.49. The molecule has 0 saturated heterocycles. The van der Waals surface area contributed by atoms with Crippen LogP contribution in [0, 0.1) is 17.2 Å². The maximum Gasteiger partial charge on any atom is 0.148 e. The quantitative estimate of drug-likeness (QED) is 0.721. The third-order valence-electron chi connectivity index (χ3n) is 1.38. The van der Waals surface area contributed by atoms with Crippen molar-refractivity contribution in [3.63, 3.8) is 0 Å². The van der Waals surface area contributed by atoms with Gasteiger partial charge in [0.05, 0.1) is 12.0 Å². The molecule has 1 heterocycles. The van der Waals surface area contributed by atoms with Crippen molar-refractivity contribution in [1.82, 2.24) is 10.2 Å². The SMILES string of the molecule is CC(C#N)CNc1cccnn1. The fourth-order valence-corrected chi connectivity index (χ4v) is 0.699. The smallest absolute Gasteiger partial charge is 0.148 e. The first-order chi connectivity index (χ1) is 5.83. The fourth-order valence-electron chi connectivity index (χ4n) is 0.699. The van der Waals surface area contributed by atoms with Gasteiger partial charge in [-0.1, -0.05) is 0 Å². The standard InChI is InChI=1S/C8H10N4/c1-7(5-9)6-10-8-3-2-4-11-12-8/h2-4,7H,6H2,1H3,(H,10,12). The van der Waals surface area contributed by atoms with Gasteiger partial charge in [0.15, 0.2) is 0 Å².